The zero-order valence-corrected chi connectivity index (χ0v) is 16.3. The van der Waals surface area contributed by atoms with Crippen LogP contribution in [-0.2, 0) is 19.1 Å². The number of carbonyl (C=O) groups is 2. The van der Waals surface area contributed by atoms with Gasteiger partial charge in [0.25, 0.3) is 0 Å². The van der Waals surface area contributed by atoms with Crippen molar-refractivity contribution in [2.24, 2.45) is 5.41 Å². The largest absolute Gasteiger partial charge is 0.382 e. The summed E-state index contributed by atoms with van der Waals surface area (Å²) < 4.78 is 10.2. The van der Waals surface area contributed by atoms with Crippen molar-refractivity contribution in [1.82, 2.24) is 10.6 Å². The Morgan fingerprint density at radius 3 is 2.42 bits per heavy atom. The number of hydrogen-bond donors (Lipinski definition) is 2. The predicted molar refractivity (Wildman–Crippen MR) is 102 cm³/mol. The van der Waals surface area contributed by atoms with Crippen molar-refractivity contribution >= 4 is 11.8 Å². The molecule has 1 unspecified atom stereocenters. The molecular formula is C20H32N2O4. The molecule has 1 aromatic rings. The smallest absolute Gasteiger partial charge is 0.226 e. The fourth-order valence-electron chi connectivity index (χ4n) is 2.22. The van der Waals surface area contributed by atoms with E-state index in [0.717, 1.165) is 12.0 Å². The van der Waals surface area contributed by atoms with Crippen LogP contribution in [0.4, 0.5) is 0 Å². The Kier molecular flexibility index (Phi) is 9.91. The van der Waals surface area contributed by atoms with E-state index in [4.69, 9.17) is 9.47 Å². The molecule has 0 fully saturated rings. The summed E-state index contributed by atoms with van der Waals surface area (Å²) in [4.78, 5) is 24.8. The minimum Gasteiger partial charge on any atom is -0.382 e. The fourth-order valence-corrected chi connectivity index (χ4v) is 2.22. The minimum atomic E-state index is -0.474. The monoisotopic (exact) mass is 364 g/mol. The van der Waals surface area contributed by atoms with Gasteiger partial charge in [-0.1, -0.05) is 51.1 Å². The van der Waals surface area contributed by atoms with Crippen LogP contribution in [0.1, 0.15) is 45.2 Å². The number of nitrogens with one attached hydrogen (secondary N) is 2. The Bertz CT molecular complexity index is 546. The molecule has 0 aliphatic carbocycles. The van der Waals surface area contributed by atoms with Gasteiger partial charge in [-0.25, -0.2) is 0 Å². The third kappa shape index (κ3) is 7.97. The van der Waals surface area contributed by atoms with Gasteiger partial charge < -0.3 is 20.1 Å². The van der Waals surface area contributed by atoms with E-state index < -0.39 is 5.41 Å². The van der Waals surface area contributed by atoms with Crippen LogP contribution in [0.2, 0.25) is 0 Å². The number of ether oxygens (including phenoxy) is 2. The summed E-state index contributed by atoms with van der Waals surface area (Å²) in [6.07, 6.45) is 0.916. The molecule has 0 radical (unpaired) electrons. The maximum atomic E-state index is 12.5. The number of benzene rings is 1. The maximum Gasteiger partial charge on any atom is 0.226 e. The number of rotatable bonds is 12. The lowest BCUT2D eigenvalue weighted by Gasteiger charge is -2.26. The molecule has 0 aliphatic heterocycles. The average Bonchev–Trinajstić information content (AvgIpc) is 2.64. The quantitative estimate of drug-likeness (QED) is 0.559. The van der Waals surface area contributed by atoms with E-state index >= 15 is 0 Å². The molecule has 26 heavy (non-hydrogen) atoms. The minimum absolute atomic E-state index is 0.0513. The van der Waals surface area contributed by atoms with Gasteiger partial charge in [-0.05, 0) is 12.0 Å². The maximum absolute atomic E-state index is 12.5. The van der Waals surface area contributed by atoms with E-state index in [9.17, 15) is 9.59 Å². The van der Waals surface area contributed by atoms with Gasteiger partial charge in [0.1, 0.15) is 0 Å². The summed E-state index contributed by atoms with van der Waals surface area (Å²) in [5.74, 6) is -0.173. The van der Waals surface area contributed by atoms with E-state index in [1.165, 1.54) is 0 Å². The van der Waals surface area contributed by atoms with Crippen molar-refractivity contribution in [3.05, 3.63) is 35.9 Å². The summed E-state index contributed by atoms with van der Waals surface area (Å²) in [6.45, 7) is 7.68. The van der Waals surface area contributed by atoms with Gasteiger partial charge in [-0.3, -0.25) is 9.59 Å². The van der Waals surface area contributed by atoms with Crippen LogP contribution < -0.4 is 10.6 Å². The molecule has 0 saturated heterocycles. The van der Waals surface area contributed by atoms with Gasteiger partial charge in [-0.15, -0.1) is 0 Å². The van der Waals surface area contributed by atoms with Crippen molar-refractivity contribution in [2.75, 3.05) is 33.5 Å². The molecule has 146 valence electrons. The molecule has 6 heteroatoms. The molecule has 0 aliphatic rings. The SMILES string of the molecule is CCC(C)(C)C(=O)NC(CC(=O)NCCOCCOC)c1ccccc1. The summed E-state index contributed by atoms with van der Waals surface area (Å²) in [5.41, 5.74) is 0.442. The van der Waals surface area contributed by atoms with E-state index in [2.05, 4.69) is 10.6 Å². The zero-order valence-electron chi connectivity index (χ0n) is 16.3. The van der Waals surface area contributed by atoms with Gasteiger partial charge in [-0.2, -0.15) is 0 Å². The number of amides is 2. The highest BCUT2D eigenvalue weighted by atomic mass is 16.5. The zero-order chi connectivity index (χ0) is 19.4. The van der Waals surface area contributed by atoms with Crippen LogP contribution in [0.5, 0.6) is 0 Å². The first-order chi connectivity index (χ1) is 12.4. The Balaban J connectivity index is 2.60. The second-order valence-electron chi connectivity index (χ2n) is 6.83. The van der Waals surface area contributed by atoms with Crippen molar-refractivity contribution in [1.29, 1.82) is 0 Å². The molecule has 1 aromatic carbocycles. The van der Waals surface area contributed by atoms with Gasteiger partial charge in [0.2, 0.25) is 11.8 Å². The molecule has 1 atom stereocenters. The first-order valence-electron chi connectivity index (χ1n) is 9.10. The van der Waals surface area contributed by atoms with E-state index in [1.807, 2.05) is 51.1 Å². The third-order valence-electron chi connectivity index (χ3n) is 4.40. The Labute approximate surface area is 156 Å². The van der Waals surface area contributed by atoms with E-state index in [0.29, 0.717) is 26.4 Å². The van der Waals surface area contributed by atoms with Crippen LogP contribution >= 0.6 is 0 Å². The fraction of sp³-hybridized carbons (Fsp3) is 0.600. The van der Waals surface area contributed by atoms with E-state index in [1.54, 1.807) is 7.11 Å². The number of methoxy groups -OCH3 is 1. The molecule has 0 spiro atoms. The third-order valence-corrected chi connectivity index (χ3v) is 4.40. The molecule has 2 N–H and O–H groups in total. The van der Waals surface area contributed by atoms with Gasteiger partial charge in [0, 0.05) is 19.1 Å². The van der Waals surface area contributed by atoms with Crippen LogP contribution in [-0.4, -0.2) is 45.3 Å². The first kappa shape index (κ1) is 22.1. The molecule has 0 aromatic heterocycles. The van der Waals surface area contributed by atoms with Crippen LogP contribution in [0.3, 0.4) is 0 Å². The Morgan fingerprint density at radius 1 is 1.12 bits per heavy atom. The topological polar surface area (TPSA) is 76.7 Å². The molecule has 0 heterocycles. The van der Waals surface area contributed by atoms with Crippen LogP contribution in [0.25, 0.3) is 0 Å². The van der Waals surface area contributed by atoms with Crippen LogP contribution in [0, 0.1) is 5.41 Å². The van der Waals surface area contributed by atoms with Crippen molar-refractivity contribution in [2.45, 2.75) is 39.7 Å². The summed E-state index contributed by atoms with van der Waals surface area (Å²) in [6, 6.07) is 9.21. The average molecular weight is 364 g/mol. The standard InChI is InChI=1S/C20H32N2O4/c1-5-20(2,3)19(24)22-17(16-9-7-6-8-10-16)15-18(23)21-11-12-26-14-13-25-4/h6-10,17H,5,11-15H2,1-4H3,(H,21,23)(H,22,24). The molecular weight excluding hydrogens is 332 g/mol. The van der Waals surface area contributed by atoms with Crippen molar-refractivity contribution in [3.8, 4) is 0 Å². The number of hydrogen-bond acceptors (Lipinski definition) is 4. The van der Waals surface area contributed by atoms with Crippen molar-refractivity contribution in [3.63, 3.8) is 0 Å². The van der Waals surface area contributed by atoms with Crippen molar-refractivity contribution < 1.29 is 19.1 Å². The molecule has 6 nitrogen and oxygen atoms in total. The summed E-state index contributed by atoms with van der Waals surface area (Å²) in [7, 11) is 1.61. The predicted octanol–water partition coefficient (Wildman–Crippen LogP) is 2.45. The molecule has 2 amide bonds. The summed E-state index contributed by atoms with van der Waals surface area (Å²) >= 11 is 0. The lowest BCUT2D eigenvalue weighted by Crippen LogP contribution is -2.41. The highest BCUT2D eigenvalue weighted by Crippen LogP contribution is 2.23. The van der Waals surface area contributed by atoms with Gasteiger partial charge >= 0.3 is 0 Å². The Hall–Kier alpha value is -1.92. The van der Waals surface area contributed by atoms with E-state index in [-0.39, 0.29) is 24.3 Å². The lowest BCUT2D eigenvalue weighted by atomic mass is 9.88. The lowest BCUT2D eigenvalue weighted by molar-refractivity contribution is -0.130. The highest BCUT2D eigenvalue weighted by molar-refractivity contribution is 5.83. The summed E-state index contributed by atoms with van der Waals surface area (Å²) in [5, 5.41) is 5.86. The Morgan fingerprint density at radius 2 is 1.81 bits per heavy atom. The molecule has 1 rings (SSSR count). The van der Waals surface area contributed by atoms with Gasteiger partial charge in [0.15, 0.2) is 0 Å². The van der Waals surface area contributed by atoms with Crippen LogP contribution in [0.15, 0.2) is 30.3 Å². The van der Waals surface area contributed by atoms with Gasteiger partial charge in [0.05, 0.1) is 32.3 Å². The number of carbonyl (C=O) groups excluding carboxylic acids is 2. The molecule has 0 saturated carbocycles. The molecule has 0 bridgehead atoms. The second kappa shape index (κ2) is 11.6. The second-order valence-corrected chi connectivity index (χ2v) is 6.83. The highest BCUT2D eigenvalue weighted by Gasteiger charge is 2.28. The first-order valence-corrected chi connectivity index (χ1v) is 9.10. The normalized spacial score (nSPS) is 12.5.